The number of unbranched alkanes of at least 4 members (excludes halogenated alkanes) is 8. The summed E-state index contributed by atoms with van der Waals surface area (Å²) in [4.78, 5) is 0. The maximum absolute atomic E-state index is 6.53. The molecule has 0 aromatic heterocycles. The van der Waals surface area contributed by atoms with E-state index >= 15 is 0 Å². The highest BCUT2D eigenvalue weighted by atomic mass is 16.5. The van der Waals surface area contributed by atoms with Gasteiger partial charge in [0.1, 0.15) is 23.0 Å². The molecule has 5 aromatic rings. The molecule has 0 N–H and O–H groups in total. The average Bonchev–Trinajstić information content (AvgIpc) is 3.22. The molecule has 0 amide bonds. The topological polar surface area (TPSA) is 36.9 Å². The number of hydrogen-bond donors (Lipinski definition) is 0. The monoisotopic (exact) mass is 726 g/mol. The molecule has 54 heavy (non-hydrogen) atoms. The average molecular weight is 727 g/mol. The van der Waals surface area contributed by atoms with Crippen molar-refractivity contribution in [3.63, 3.8) is 0 Å². The third kappa shape index (κ3) is 12.2. The van der Waals surface area contributed by atoms with Crippen molar-refractivity contribution in [2.24, 2.45) is 0 Å². The Morgan fingerprint density at radius 2 is 0.593 bits per heavy atom. The van der Waals surface area contributed by atoms with Crippen LogP contribution in [-0.4, -0.2) is 26.4 Å². The first kappa shape index (κ1) is 40.5. The van der Waals surface area contributed by atoms with Crippen LogP contribution in [0, 0.1) is 0 Å². The van der Waals surface area contributed by atoms with Gasteiger partial charge in [0.2, 0.25) is 0 Å². The van der Waals surface area contributed by atoms with E-state index in [4.69, 9.17) is 18.9 Å². The van der Waals surface area contributed by atoms with Gasteiger partial charge in [0.05, 0.1) is 26.4 Å². The van der Waals surface area contributed by atoms with Crippen molar-refractivity contribution in [1.82, 2.24) is 0 Å². The zero-order valence-electron chi connectivity index (χ0n) is 33.3. The Bertz CT molecular complexity index is 1640. The van der Waals surface area contributed by atoms with Crippen molar-refractivity contribution in [3.8, 4) is 67.5 Å². The highest BCUT2D eigenvalue weighted by molar-refractivity contribution is 5.83. The highest BCUT2D eigenvalue weighted by Gasteiger charge is 2.17. The minimum absolute atomic E-state index is 0.668. The molecule has 0 heterocycles. The molecule has 0 aliphatic rings. The van der Waals surface area contributed by atoms with E-state index in [2.05, 4.69) is 137 Å². The zero-order chi connectivity index (χ0) is 37.8. The van der Waals surface area contributed by atoms with Gasteiger partial charge in [0.25, 0.3) is 0 Å². The molecule has 0 atom stereocenters. The van der Waals surface area contributed by atoms with Crippen LogP contribution in [0.15, 0.2) is 109 Å². The molecule has 0 saturated carbocycles. The maximum Gasteiger partial charge on any atom is 0.128 e. The first-order valence-corrected chi connectivity index (χ1v) is 20.7. The molecule has 0 unspecified atom stereocenters. The van der Waals surface area contributed by atoms with Gasteiger partial charge in [0, 0.05) is 11.1 Å². The molecule has 0 radical (unpaired) electrons. The second-order valence-corrected chi connectivity index (χ2v) is 14.3. The van der Waals surface area contributed by atoms with Gasteiger partial charge in [-0.1, -0.05) is 152 Å². The molecule has 0 saturated heterocycles. The van der Waals surface area contributed by atoms with E-state index < -0.39 is 0 Å². The van der Waals surface area contributed by atoms with E-state index in [0.29, 0.717) is 13.2 Å². The summed E-state index contributed by atoms with van der Waals surface area (Å²) < 4.78 is 25.0. The van der Waals surface area contributed by atoms with Crippen LogP contribution in [0.3, 0.4) is 0 Å². The maximum atomic E-state index is 6.53. The van der Waals surface area contributed by atoms with Crippen molar-refractivity contribution in [2.45, 2.75) is 105 Å². The summed E-state index contributed by atoms with van der Waals surface area (Å²) in [7, 11) is 0. The summed E-state index contributed by atoms with van der Waals surface area (Å²) in [5.74, 6) is 3.62. The van der Waals surface area contributed by atoms with E-state index in [1.54, 1.807) is 0 Å². The van der Waals surface area contributed by atoms with Crippen LogP contribution >= 0.6 is 0 Å². The molecule has 0 spiro atoms. The van der Waals surface area contributed by atoms with Crippen LogP contribution in [-0.2, 0) is 0 Å². The van der Waals surface area contributed by atoms with E-state index in [-0.39, 0.29) is 0 Å². The van der Waals surface area contributed by atoms with Crippen LogP contribution < -0.4 is 18.9 Å². The Kier molecular flexibility index (Phi) is 16.9. The molecule has 5 rings (SSSR count). The first-order valence-electron chi connectivity index (χ1n) is 20.7. The third-order valence-corrected chi connectivity index (χ3v) is 9.89. The minimum Gasteiger partial charge on any atom is -0.494 e. The lowest BCUT2D eigenvalue weighted by atomic mass is 9.95. The molecule has 286 valence electrons. The molecular weight excluding hydrogens is 665 g/mol. The van der Waals surface area contributed by atoms with Crippen LogP contribution in [0.2, 0.25) is 0 Å². The van der Waals surface area contributed by atoms with E-state index in [0.717, 1.165) is 97.0 Å². The van der Waals surface area contributed by atoms with Gasteiger partial charge < -0.3 is 18.9 Å². The highest BCUT2D eigenvalue weighted by Crippen LogP contribution is 2.42. The van der Waals surface area contributed by atoms with Crippen LogP contribution in [0.1, 0.15) is 105 Å². The molecule has 4 heteroatoms. The molecule has 0 fully saturated rings. The lowest BCUT2D eigenvalue weighted by molar-refractivity contribution is 0.303. The normalized spacial score (nSPS) is 11.0. The standard InChI is InChI=1S/C50H62O4/c1-5-9-13-15-35-51-45-29-25-41(26-30-45)39-17-21-43(22-18-39)47-37-50(54-34-12-8-4)48(38-49(47)53-33-11-7-3)44-23-19-40(20-24-44)42-27-31-46(32-28-42)52-36-16-14-10-6-2/h17-32,37-38H,5-16,33-36H2,1-4H3. The predicted octanol–water partition coefficient (Wildman–Crippen LogP) is 14.6. The Morgan fingerprint density at radius 3 is 0.926 bits per heavy atom. The van der Waals surface area contributed by atoms with Crippen molar-refractivity contribution < 1.29 is 18.9 Å². The van der Waals surface area contributed by atoms with Crippen molar-refractivity contribution in [3.05, 3.63) is 109 Å². The van der Waals surface area contributed by atoms with E-state index in [9.17, 15) is 0 Å². The summed E-state index contributed by atoms with van der Waals surface area (Å²) >= 11 is 0. The second kappa shape index (κ2) is 22.5. The summed E-state index contributed by atoms with van der Waals surface area (Å²) in [6.07, 6.45) is 13.8. The lowest BCUT2D eigenvalue weighted by Crippen LogP contribution is -2.02. The number of hydrogen-bond acceptors (Lipinski definition) is 4. The van der Waals surface area contributed by atoms with E-state index in [1.165, 1.54) is 60.8 Å². The van der Waals surface area contributed by atoms with E-state index in [1.807, 2.05) is 0 Å². The zero-order valence-corrected chi connectivity index (χ0v) is 33.3. The van der Waals surface area contributed by atoms with Crippen LogP contribution in [0.4, 0.5) is 0 Å². The summed E-state index contributed by atoms with van der Waals surface area (Å²) in [5, 5.41) is 0. The van der Waals surface area contributed by atoms with Crippen molar-refractivity contribution in [1.29, 1.82) is 0 Å². The molecule has 0 bridgehead atoms. The third-order valence-electron chi connectivity index (χ3n) is 9.89. The predicted molar refractivity (Wildman–Crippen MR) is 228 cm³/mol. The Morgan fingerprint density at radius 1 is 0.296 bits per heavy atom. The van der Waals surface area contributed by atoms with Crippen LogP contribution in [0.25, 0.3) is 44.5 Å². The number of ether oxygens (including phenoxy) is 4. The fraction of sp³-hybridized carbons (Fsp3) is 0.400. The van der Waals surface area contributed by atoms with Crippen molar-refractivity contribution in [2.75, 3.05) is 26.4 Å². The lowest BCUT2D eigenvalue weighted by Gasteiger charge is -2.19. The fourth-order valence-corrected chi connectivity index (χ4v) is 6.51. The second-order valence-electron chi connectivity index (χ2n) is 14.3. The van der Waals surface area contributed by atoms with Crippen molar-refractivity contribution >= 4 is 0 Å². The minimum atomic E-state index is 0.668. The Hall–Kier alpha value is -4.70. The van der Waals surface area contributed by atoms with Gasteiger partial charge in [-0.3, -0.25) is 0 Å². The Balaban J connectivity index is 1.37. The SMILES string of the molecule is CCCCCCOc1ccc(-c2ccc(-c3cc(OCCCC)c(-c4ccc(-c5ccc(OCCCCCC)cc5)cc4)cc3OCCCC)cc2)cc1. The first-order chi connectivity index (χ1) is 26.6. The number of benzene rings is 5. The van der Waals surface area contributed by atoms with Crippen LogP contribution in [0.5, 0.6) is 23.0 Å². The number of rotatable bonds is 24. The summed E-state index contributed by atoms with van der Waals surface area (Å²) in [6, 6.07) is 38.9. The quantitative estimate of drug-likeness (QED) is 0.0593. The summed E-state index contributed by atoms with van der Waals surface area (Å²) in [5.41, 5.74) is 8.98. The fourth-order valence-electron chi connectivity index (χ4n) is 6.51. The summed E-state index contributed by atoms with van der Waals surface area (Å²) in [6.45, 7) is 11.7. The van der Waals surface area contributed by atoms with Gasteiger partial charge >= 0.3 is 0 Å². The Labute approximate surface area is 325 Å². The van der Waals surface area contributed by atoms with Gasteiger partial charge in [-0.25, -0.2) is 0 Å². The molecular formula is C50H62O4. The molecule has 4 nitrogen and oxygen atoms in total. The van der Waals surface area contributed by atoms with Gasteiger partial charge in [-0.15, -0.1) is 0 Å². The smallest absolute Gasteiger partial charge is 0.128 e. The van der Waals surface area contributed by atoms with Gasteiger partial charge in [0.15, 0.2) is 0 Å². The van der Waals surface area contributed by atoms with Gasteiger partial charge in [-0.05, 0) is 95.5 Å². The molecule has 5 aromatic carbocycles. The molecule has 0 aliphatic carbocycles. The largest absolute Gasteiger partial charge is 0.494 e. The van der Waals surface area contributed by atoms with Gasteiger partial charge in [-0.2, -0.15) is 0 Å². The molecule has 0 aliphatic heterocycles.